The summed E-state index contributed by atoms with van der Waals surface area (Å²) in [5.74, 6) is -1.78. The van der Waals surface area contributed by atoms with Crippen LogP contribution in [0.3, 0.4) is 0 Å². The molecule has 136 valence electrons. The molecule has 0 N–H and O–H groups in total. The molecule has 0 bridgehead atoms. The third kappa shape index (κ3) is 4.40. The van der Waals surface area contributed by atoms with Crippen LogP contribution in [0.4, 0.5) is 8.78 Å². The lowest BCUT2D eigenvalue weighted by atomic mass is 10.2. The summed E-state index contributed by atoms with van der Waals surface area (Å²) in [4.78, 5) is 28.6. The second-order valence-electron chi connectivity index (χ2n) is 5.90. The summed E-state index contributed by atoms with van der Waals surface area (Å²) in [5.41, 5.74) is 0.640. The van der Waals surface area contributed by atoms with Gasteiger partial charge in [-0.25, -0.2) is 8.78 Å². The number of carbonyl (C=O) groups excluding carboxylic acids is 2. The van der Waals surface area contributed by atoms with Crippen molar-refractivity contribution in [1.29, 1.82) is 0 Å². The van der Waals surface area contributed by atoms with Gasteiger partial charge in [-0.15, -0.1) is 11.8 Å². The molecule has 1 aliphatic rings. The molecule has 4 nitrogen and oxygen atoms in total. The molecular formula is C19H18F2N2O2S. The Morgan fingerprint density at radius 3 is 2.19 bits per heavy atom. The zero-order chi connectivity index (χ0) is 18.5. The number of halogens is 2. The molecule has 1 fully saturated rings. The Morgan fingerprint density at radius 1 is 0.885 bits per heavy atom. The van der Waals surface area contributed by atoms with Crippen molar-refractivity contribution in [1.82, 2.24) is 9.80 Å². The Labute approximate surface area is 154 Å². The number of thioether (sulfide) groups is 1. The highest BCUT2D eigenvalue weighted by molar-refractivity contribution is 8.00. The van der Waals surface area contributed by atoms with E-state index in [-0.39, 0.29) is 17.6 Å². The molecule has 1 heterocycles. The third-order valence-electron chi connectivity index (χ3n) is 4.19. The molecule has 2 amide bonds. The van der Waals surface area contributed by atoms with Crippen molar-refractivity contribution in [3.05, 3.63) is 65.7 Å². The van der Waals surface area contributed by atoms with Gasteiger partial charge in [0.05, 0.1) is 5.75 Å². The maximum atomic E-state index is 13.2. The Balaban J connectivity index is 1.49. The second kappa shape index (κ2) is 8.31. The van der Waals surface area contributed by atoms with E-state index < -0.39 is 11.6 Å². The van der Waals surface area contributed by atoms with Gasteiger partial charge >= 0.3 is 0 Å². The summed E-state index contributed by atoms with van der Waals surface area (Å²) in [5, 5.41) is 0. The molecule has 7 heteroatoms. The predicted molar refractivity (Wildman–Crippen MR) is 96.0 cm³/mol. The lowest BCUT2D eigenvalue weighted by molar-refractivity contribution is -0.129. The van der Waals surface area contributed by atoms with Crippen LogP contribution < -0.4 is 0 Å². The zero-order valence-corrected chi connectivity index (χ0v) is 14.8. The van der Waals surface area contributed by atoms with Crippen LogP contribution in [0.1, 0.15) is 10.4 Å². The highest BCUT2D eigenvalue weighted by Gasteiger charge is 2.24. The molecule has 0 aromatic heterocycles. The normalized spacial score (nSPS) is 14.4. The minimum absolute atomic E-state index is 0.0335. The van der Waals surface area contributed by atoms with E-state index in [1.165, 1.54) is 17.8 Å². The molecule has 2 aromatic carbocycles. The van der Waals surface area contributed by atoms with Crippen LogP contribution in [0.2, 0.25) is 0 Å². The van der Waals surface area contributed by atoms with Gasteiger partial charge in [-0.1, -0.05) is 18.2 Å². The lowest BCUT2D eigenvalue weighted by Gasteiger charge is -2.34. The van der Waals surface area contributed by atoms with Crippen LogP contribution in [-0.2, 0) is 4.79 Å². The largest absolute Gasteiger partial charge is 0.338 e. The van der Waals surface area contributed by atoms with Crippen LogP contribution in [0, 0.1) is 11.6 Å². The van der Waals surface area contributed by atoms with E-state index in [9.17, 15) is 18.4 Å². The average molecular weight is 376 g/mol. The van der Waals surface area contributed by atoms with Crippen LogP contribution in [0.5, 0.6) is 0 Å². The van der Waals surface area contributed by atoms with Gasteiger partial charge in [0.25, 0.3) is 5.91 Å². The number of benzene rings is 2. The topological polar surface area (TPSA) is 40.6 Å². The van der Waals surface area contributed by atoms with E-state index >= 15 is 0 Å². The molecule has 0 unspecified atom stereocenters. The molecule has 0 aliphatic carbocycles. The van der Waals surface area contributed by atoms with Gasteiger partial charge < -0.3 is 9.80 Å². The van der Waals surface area contributed by atoms with E-state index in [2.05, 4.69) is 0 Å². The fourth-order valence-corrected chi connectivity index (χ4v) is 3.55. The molecule has 0 spiro atoms. The first-order chi connectivity index (χ1) is 12.5. The number of piperazine rings is 1. The molecule has 2 aromatic rings. The summed E-state index contributed by atoms with van der Waals surface area (Å²) in [7, 11) is 0. The minimum atomic E-state index is -0.921. The average Bonchev–Trinajstić information content (AvgIpc) is 2.69. The first-order valence-corrected chi connectivity index (χ1v) is 9.23. The number of hydrogen-bond donors (Lipinski definition) is 0. The molecule has 0 saturated carbocycles. The van der Waals surface area contributed by atoms with E-state index in [1.807, 2.05) is 18.2 Å². The molecule has 1 aliphatic heterocycles. The van der Waals surface area contributed by atoms with Crippen LogP contribution in [0.25, 0.3) is 0 Å². The zero-order valence-electron chi connectivity index (χ0n) is 14.0. The smallest absolute Gasteiger partial charge is 0.253 e. The molecule has 0 radical (unpaired) electrons. The van der Waals surface area contributed by atoms with Crippen molar-refractivity contribution in [2.45, 2.75) is 4.90 Å². The Hall–Kier alpha value is -2.41. The van der Waals surface area contributed by atoms with Crippen molar-refractivity contribution >= 4 is 23.6 Å². The number of amides is 2. The highest BCUT2D eigenvalue weighted by Crippen LogP contribution is 2.21. The van der Waals surface area contributed by atoms with Crippen molar-refractivity contribution in [2.75, 3.05) is 31.9 Å². The quantitative estimate of drug-likeness (QED) is 0.770. The monoisotopic (exact) mass is 376 g/mol. The summed E-state index contributed by atoms with van der Waals surface area (Å²) in [6, 6.07) is 12.6. The van der Waals surface area contributed by atoms with E-state index in [0.717, 1.165) is 12.1 Å². The van der Waals surface area contributed by atoms with Gasteiger partial charge in [-0.05, 0) is 30.3 Å². The maximum Gasteiger partial charge on any atom is 0.253 e. The fourth-order valence-electron chi connectivity index (χ4n) is 2.73. The second-order valence-corrected chi connectivity index (χ2v) is 6.95. The Morgan fingerprint density at radius 2 is 1.54 bits per heavy atom. The minimum Gasteiger partial charge on any atom is -0.338 e. The van der Waals surface area contributed by atoms with E-state index in [4.69, 9.17) is 0 Å². The van der Waals surface area contributed by atoms with Crippen molar-refractivity contribution in [2.24, 2.45) is 0 Å². The summed E-state index contributed by atoms with van der Waals surface area (Å²) in [6.45, 7) is 1.90. The Bertz CT molecular complexity index is 793. The lowest BCUT2D eigenvalue weighted by Crippen LogP contribution is -2.51. The van der Waals surface area contributed by atoms with E-state index in [1.54, 1.807) is 21.9 Å². The van der Waals surface area contributed by atoms with Gasteiger partial charge in [0.2, 0.25) is 5.91 Å². The number of hydrogen-bond acceptors (Lipinski definition) is 3. The van der Waals surface area contributed by atoms with Crippen molar-refractivity contribution in [3.8, 4) is 0 Å². The first kappa shape index (κ1) is 18.4. The third-order valence-corrected chi connectivity index (χ3v) is 5.17. The Kier molecular flexibility index (Phi) is 5.88. The molecule has 3 rings (SSSR count). The molecule has 1 saturated heterocycles. The molecule has 26 heavy (non-hydrogen) atoms. The maximum absolute atomic E-state index is 13.2. The van der Waals surface area contributed by atoms with Crippen molar-refractivity contribution in [3.63, 3.8) is 0 Å². The van der Waals surface area contributed by atoms with Gasteiger partial charge in [0.15, 0.2) is 11.6 Å². The highest BCUT2D eigenvalue weighted by atomic mass is 32.2. The standard InChI is InChI=1S/C19H18F2N2O2S/c20-16-7-6-15(12-17(16)21)26-13-18(24)22-8-10-23(11-9-22)19(25)14-4-2-1-3-5-14/h1-7,12H,8-11,13H2. The van der Waals surface area contributed by atoms with Gasteiger partial charge in [-0.3, -0.25) is 9.59 Å². The fraction of sp³-hybridized carbons (Fsp3) is 0.263. The van der Waals surface area contributed by atoms with Crippen LogP contribution >= 0.6 is 11.8 Å². The van der Waals surface area contributed by atoms with Crippen LogP contribution in [-0.4, -0.2) is 53.5 Å². The SMILES string of the molecule is O=C(CSc1ccc(F)c(F)c1)N1CCN(C(=O)c2ccccc2)CC1. The summed E-state index contributed by atoms with van der Waals surface area (Å²) < 4.78 is 26.1. The van der Waals surface area contributed by atoms with E-state index in [0.29, 0.717) is 36.6 Å². The summed E-state index contributed by atoms with van der Waals surface area (Å²) in [6.07, 6.45) is 0. The van der Waals surface area contributed by atoms with Crippen LogP contribution in [0.15, 0.2) is 53.4 Å². The number of carbonyl (C=O) groups is 2. The first-order valence-electron chi connectivity index (χ1n) is 8.24. The molecule has 0 atom stereocenters. The van der Waals surface area contributed by atoms with Gasteiger partial charge in [0, 0.05) is 36.6 Å². The molecular weight excluding hydrogens is 358 g/mol. The van der Waals surface area contributed by atoms with Gasteiger partial charge in [0.1, 0.15) is 0 Å². The predicted octanol–water partition coefficient (Wildman–Crippen LogP) is 3.04. The number of nitrogens with zero attached hydrogens (tertiary/aromatic N) is 2. The van der Waals surface area contributed by atoms with Gasteiger partial charge in [-0.2, -0.15) is 0 Å². The van der Waals surface area contributed by atoms with Crippen molar-refractivity contribution < 1.29 is 18.4 Å². The number of rotatable bonds is 4. The summed E-state index contributed by atoms with van der Waals surface area (Å²) >= 11 is 1.17.